The van der Waals surface area contributed by atoms with Crippen LogP contribution in [0.1, 0.15) is 0 Å². The molecular weight excluding hydrogens is 170 g/mol. The molecular formula is C7H9N5O. The Labute approximate surface area is 73.9 Å². The van der Waals surface area contributed by atoms with Crippen LogP contribution in [0, 0.1) is 5.41 Å². The van der Waals surface area contributed by atoms with E-state index in [-0.39, 0.29) is 5.49 Å². The molecule has 0 saturated carbocycles. The molecule has 6 heteroatoms. The van der Waals surface area contributed by atoms with Crippen molar-refractivity contribution in [3.8, 4) is 0 Å². The van der Waals surface area contributed by atoms with Crippen LogP contribution in [0.25, 0.3) is 11.2 Å². The number of hydrogen-bond acceptors (Lipinski definition) is 4. The van der Waals surface area contributed by atoms with Crippen LogP contribution in [0.2, 0.25) is 0 Å². The topological polar surface area (TPSA) is 68.7 Å². The minimum atomic E-state index is 0.243. The van der Waals surface area contributed by atoms with Crippen molar-refractivity contribution in [2.45, 2.75) is 0 Å². The molecule has 0 aliphatic heterocycles. The van der Waals surface area contributed by atoms with Crippen molar-refractivity contribution >= 4 is 11.2 Å². The van der Waals surface area contributed by atoms with Gasteiger partial charge in [-0.25, -0.2) is 9.97 Å². The molecule has 0 amide bonds. The van der Waals surface area contributed by atoms with Crippen molar-refractivity contribution in [3.05, 3.63) is 18.1 Å². The molecule has 0 atom stereocenters. The fourth-order valence-electron chi connectivity index (χ4n) is 1.19. The Balaban J connectivity index is 2.92. The van der Waals surface area contributed by atoms with Gasteiger partial charge in [0, 0.05) is 7.05 Å². The molecule has 2 rings (SSSR count). The second kappa shape index (κ2) is 2.58. The summed E-state index contributed by atoms with van der Waals surface area (Å²) in [5.74, 6) is 0. The van der Waals surface area contributed by atoms with E-state index in [1.807, 2.05) is 7.05 Å². The van der Waals surface area contributed by atoms with Gasteiger partial charge in [-0.2, -0.15) is 4.73 Å². The first-order chi connectivity index (χ1) is 6.24. The first kappa shape index (κ1) is 7.78. The van der Waals surface area contributed by atoms with E-state index in [0.29, 0.717) is 11.2 Å². The van der Waals surface area contributed by atoms with Crippen molar-refractivity contribution < 1.29 is 4.84 Å². The van der Waals surface area contributed by atoms with Crippen LogP contribution < -0.4 is 10.3 Å². The number of nitrogens with zero attached hydrogens (tertiary/aromatic N) is 4. The normalized spacial score (nSPS) is 10.6. The molecule has 2 aromatic heterocycles. The number of aryl methyl sites for hydroxylation is 1. The first-order valence-electron chi connectivity index (χ1n) is 3.72. The van der Waals surface area contributed by atoms with Crippen LogP contribution in [0.5, 0.6) is 0 Å². The maximum atomic E-state index is 7.73. The van der Waals surface area contributed by atoms with Crippen molar-refractivity contribution in [1.29, 1.82) is 5.41 Å². The van der Waals surface area contributed by atoms with E-state index in [2.05, 4.69) is 9.97 Å². The average Bonchev–Trinajstić information content (AvgIpc) is 2.49. The van der Waals surface area contributed by atoms with Gasteiger partial charge in [0.05, 0.1) is 6.33 Å². The summed E-state index contributed by atoms with van der Waals surface area (Å²) < 4.78 is 3.02. The molecule has 6 nitrogen and oxygen atoms in total. The highest BCUT2D eigenvalue weighted by atomic mass is 16.6. The van der Waals surface area contributed by atoms with Crippen LogP contribution in [0.4, 0.5) is 0 Å². The smallest absolute Gasteiger partial charge is 0.190 e. The fraction of sp³-hybridized carbons (Fsp3) is 0.286. The Morgan fingerprint density at radius 2 is 2.08 bits per heavy atom. The van der Waals surface area contributed by atoms with Crippen molar-refractivity contribution in [1.82, 2.24) is 19.3 Å². The molecule has 13 heavy (non-hydrogen) atoms. The number of aromatic nitrogens is 4. The van der Waals surface area contributed by atoms with Gasteiger partial charge < -0.3 is 9.40 Å². The second-order valence-corrected chi connectivity index (χ2v) is 2.63. The summed E-state index contributed by atoms with van der Waals surface area (Å²) in [7, 11) is 3.30. The van der Waals surface area contributed by atoms with E-state index < -0.39 is 0 Å². The van der Waals surface area contributed by atoms with Gasteiger partial charge in [0.2, 0.25) is 0 Å². The van der Waals surface area contributed by atoms with Gasteiger partial charge in [-0.3, -0.25) is 5.41 Å². The third kappa shape index (κ3) is 0.986. The highest BCUT2D eigenvalue weighted by Crippen LogP contribution is 2.00. The van der Waals surface area contributed by atoms with Crippen molar-refractivity contribution in [2.75, 3.05) is 7.11 Å². The monoisotopic (exact) mass is 179 g/mol. The fourth-order valence-corrected chi connectivity index (χ4v) is 1.19. The van der Waals surface area contributed by atoms with Gasteiger partial charge >= 0.3 is 0 Å². The summed E-state index contributed by atoms with van der Waals surface area (Å²) in [6.07, 6.45) is 3.05. The van der Waals surface area contributed by atoms with Gasteiger partial charge in [0.1, 0.15) is 19.0 Å². The predicted octanol–water partition coefficient (Wildman–Crippen LogP) is -0.692. The van der Waals surface area contributed by atoms with Gasteiger partial charge in [-0.1, -0.05) is 0 Å². The van der Waals surface area contributed by atoms with E-state index in [9.17, 15) is 0 Å². The van der Waals surface area contributed by atoms with Crippen LogP contribution in [-0.2, 0) is 7.05 Å². The molecule has 0 aromatic carbocycles. The summed E-state index contributed by atoms with van der Waals surface area (Å²) in [4.78, 5) is 12.9. The van der Waals surface area contributed by atoms with Gasteiger partial charge in [-0.15, -0.1) is 0 Å². The molecule has 2 aromatic rings. The molecule has 0 radical (unpaired) electrons. The molecule has 68 valence electrons. The third-order valence-corrected chi connectivity index (χ3v) is 1.84. The number of hydrogen-bond donors (Lipinski definition) is 1. The van der Waals surface area contributed by atoms with Crippen LogP contribution in [0.15, 0.2) is 12.7 Å². The van der Waals surface area contributed by atoms with Crippen molar-refractivity contribution in [2.24, 2.45) is 7.05 Å². The standard InChI is InChI=1S/C7H9N5O/c1-11-3-9-7-5(11)6(8)12(13-2)4-10-7/h3-4,8H,1-2H3. The van der Waals surface area contributed by atoms with E-state index in [0.717, 1.165) is 0 Å². The lowest BCUT2D eigenvalue weighted by molar-refractivity contribution is 0.151. The minimum Gasteiger partial charge on any atom is -0.414 e. The zero-order chi connectivity index (χ0) is 9.42. The summed E-state index contributed by atoms with van der Waals surface area (Å²) in [5, 5.41) is 7.73. The molecule has 0 spiro atoms. The molecule has 1 N–H and O–H groups in total. The summed E-state index contributed by atoms with van der Waals surface area (Å²) >= 11 is 0. The Morgan fingerprint density at radius 1 is 1.38 bits per heavy atom. The number of imidazole rings is 1. The Bertz CT molecular complexity index is 497. The minimum absolute atomic E-state index is 0.243. The lowest BCUT2D eigenvalue weighted by Crippen LogP contribution is -2.26. The molecule has 0 aliphatic carbocycles. The number of nitrogens with one attached hydrogen (secondary N) is 1. The summed E-state index contributed by atoms with van der Waals surface area (Å²) in [5.41, 5.74) is 1.46. The van der Waals surface area contributed by atoms with E-state index in [1.165, 1.54) is 18.2 Å². The Hall–Kier alpha value is -1.85. The SMILES string of the molecule is COn1cnc2ncn(C)c2c1=N. The predicted molar refractivity (Wildman–Crippen MR) is 44.9 cm³/mol. The van der Waals surface area contributed by atoms with Gasteiger partial charge in [-0.05, 0) is 0 Å². The highest BCUT2D eigenvalue weighted by Gasteiger charge is 2.05. The summed E-state index contributed by atoms with van der Waals surface area (Å²) in [6.45, 7) is 0. The lowest BCUT2D eigenvalue weighted by atomic mass is 10.5. The van der Waals surface area contributed by atoms with Crippen LogP contribution in [-0.4, -0.2) is 26.4 Å². The highest BCUT2D eigenvalue weighted by molar-refractivity contribution is 5.68. The number of fused-ring (bicyclic) bond motifs is 1. The molecule has 2 heterocycles. The summed E-state index contributed by atoms with van der Waals surface area (Å²) in [6, 6.07) is 0. The zero-order valence-electron chi connectivity index (χ0n) is 7.35. The van der Waals surface area contributed by atoms with E-state index in [1.54, 1.807) is 10.9 Å². The largest absolute Gasteiger partial charge is 0.414 e. The third-order valence-electron chi connectivity index (χ3n) is 1.84. The first-order valence-corrected chi connectivity index (χ1v) is 3.72. The molecule has 0 unspecified atom stereocenters. The number of rotatable bonds is 1. The van der Waals surface area contributed by atoms with Gasteiger partial charge in [0.25, 0.3) is 0 Å². The molecule has 0 fully saturated rings. The van der Waals surface area contributed by atoms with Crippen LogP contribution >= 0.6 is 0 Å². The molecule has 0 saturated heterocycles. The van der Waals surface area contributed by atoms with Crippen LogP contribution in [0.3, 0.4) is 0 Å². The Kier molecular flexibility index (Phi) is 1.54. The van der Waals surface area contributed by atoms with E-state index in [4.69, 9.17) is 10.2 Å². The maximum absolute atomic E-state index is 7.73. The van der Waals surface area contributed by atoms with Gasteiger partial charge in [0.15, 0.2) is 11.1 Å². The quantitative estimate of drug-likeness (QED) is 0.629. The zero-order valence-corrected chi connectivity index (χ0v) is 7.35. The average molecular weight is 179 g/mol. The molecule has 0 bridgehead atoms. The van der Waals surface area contributed by atoms with Crippen molar-refractivity contribution in [3.63, 3.8) is 0 Å². The Morgan fingerprint density at radius 3 is 2.77 bits per heavy atom. The molecule has 0 aliphatic rings. The second-order valence-electron chi connectivity index (χ2n) is 2.63. The van der Waals surface area contributed by atoms with E-state index >= 15 is 0 Å². The lowest BCUT2D eigenvalue weighted by Gasteiger charge is -2.03. The maximum Gasteiger partial charge on any atom is 0.190 e.